The summed E-state index contributed by atoms with van der Waals surface area (Å²) < 4.78 is 14.4. The maximum Gasteiger partial charge on any atom is 0.239 e. The van der Waals surface area contributed by atoms with E-state index in [9.17, 15) is 9.18 Å². The number of rotatable bonds is 6. The smallest absolute Gasteiger partial charge is 0.239 e. The normalized spacial score (nSPS) is 11.9. The second-order valence-corrected chi connectivity index (χ2v) is 8.50. The summed E-state index contributed by atoms with van der Waals surface area (Å²) in [7, 11) is 0. The number of nitrogens with one attached hydrogen (secondary N) is 1. The molecule has 4 rings (SSSR count). The van der Waals surface area contributed by atoms with Crippen molar-refractivity contribution in [1.82, 2.24) is 19.9 Å². The molecule has 152 valence electrons. The number of carbonyl (C=O) groups is 1. The van der Waals surface area contributed by atoms with Crippen molar-refractivity contribution in [1.29, 1.82) is 0 Å². The molecular weight excluding hydrogens is 423 g/mol. The molecule has 0 fully saturated rings. The first-order valence-corrected chi connectivity index (χ1v) is 10.7. The minimum atomic E-state index is -0.485. The van der Waals surface area contributed by atoms with Crippen LogP contribution in [0.3, 0.4) is 0 Å². The van der Waals surface area contributed by atoms with Crippen molar-refractivity contribution < 1.29 is 9.18 Å². The minimum Gasteiger partial charge on any atom is -0.335 e. The molecular formula is C20H17FN6OS2. The lowest BCUT2D eigenvalue weighted by Gasteiger charge is -2.10. The Balaban J connectivity index is 1.42. The molecule has 1 amide bonds. The number of anilines is 1. The molecule has 0 aliphatic carbocycles. The van der Waals surface area contributed by atoms with Crippen molar-refractivity contribution in [2.75, 3.05) is 11.2 Å². The lowest BCUT2D eigenvalue weighted by atomic mass is 10.2. The topological polar surface area (TPSA) is 98.7 Å². The van der Waals surface area contributed by atoms with Gasteiger partial charge in [-0.1, -0.05) is 42.1 Å². The van der Waals surface area contributed by atoms with Crippen molar-refractivity contribution >= 4 is 34.1 Å². The SMILES string of the molecule is C[C@H](Sc1nnc(-c2ccc(F)cc2)n1N)C(=O)Nc1nc(-c2ccccc2)cs1. The molecule has 0 saturated heterocycles. The number of amides is 1. The molecule has 3 N–H and O–H groups in total. The van der Waals surface area contributed by atoms with Crippen LogP contribution in [0.15, 0.2) is 65.1 Å². The summed E-state index contributed by atoms with van der Waals surface area (Å²) in [5.41, 5.74) is 2.43. The number of thioether (sulfide) groups is 1. The molecule has 0 spiro atoms. The number of halogens is 1. The largest absolute Gasteiger partial charge is 0.335 e. The number of hydrogen-bond acceptors (Lipinski definition) is 7. The zero-order valence-electron chi connectivity index (χ0n) is 15.8. The van der Waals surface area contributed by atoms with Gasteiger partial charge in [-0.3, -0.25) is 4.79 Å². The summed E-state index contributed by atoms with van der Waals surface area (Å²) >= 11 is 2.54. The number of benzene rings is 2. The Kier molecular flexibility index (Phi) is 5.77. The zero-order valence-corrected chi connectivity index (χ0v) is 17.5. The Morgan fingerprint density at radius 2 is 1.87 bits per heavy atom. The summed E-state index contributed by atoms with van der Waals surface area (Å²) in [5.74, 6) is 5.89. The second kappa shape index (κ2) is 8.64. The molecule has 2 aromatic heterocycles. The van der Waals surface area contributed by atoms with Crippen LogP contribution in [0.2, 0.25) is 0 Å². The maximum atomic E-state index is 13.1. The van der Waals surface area contributed by atoms with E-state index in [4.69, 9.17) is 5.84 Å². The van der Waals surface area contributed by atoms with Gasteiger partial charge in [0.15, 0.2) is 11.0 Å². The van der Waals surface area contributed by atoms with E-state index in [1.54, 1.807) is 19.1 Å². The average Bonchev–Trinajstić information content (AvgIpc) is 3.36. The van der Waals surface area contributed by atoms with Gasteiger partial charge in [-0.05, 0) is 31.2 Å². The second-order valence-electron chi connectivity index (χ2n) is 6.34. The molecule has 1 atom stereocenters. The van der Waals surface area contributed by atoms with E-state index in [2.05, 4.69) is 20.5 Å². The van der Waals surface area contributed by atoms with Crippen molar-refractivity contribution in [2.24, 2.45) is 0 Å². The number of hydrogen-bond donors (Lipinski definition) is 2. The van der Waals surface area contributed by atoms with Crippen LogP contribution in [-0.4, -0.2) is 31.0 Å². The first-order valence-electron chi connectivity index (χ1n) is 8.96. The number of thiazole rings is 1. The first-order chi connectivity index (χ1) is 14.5. The Morgan fingerprint density at radius 3 is 2.60 bits per heavy atom. The summed E-state index contributed by atoms with van der Waals surface area (Å²) in [4.78, 5) is 17.1. The summed E-state index contributed by atoms with van der Waals surface area (Å²) in [6.45, 7) is 1.75. The van der Waals surface area contributed by atoms with E-state index in [0.717, 1.165) is 11.3 Å². The highest BCUT2D eigenvalue weighted by molar-refractivity contribution is 8.00. The Bertz CT molecular complexity index is 1160. The first kappa shape index (κ1) is 20.0. The molecule has 0 radical (unpaired) electrons. The standard InChI is InChI=1S/C20H17FN6OS2/c1-12(18(28)24-19-23-16(11-29-19)13-5-3-2-4-6-13)30-20-26-25-17(27(20)22)14-7-9-15(21)10-8-14/h2-12H,22H2,1H3,(H,23,24,28)/t12-/m0/s1. The van der Waals surface area contributed by atoms with E-state index in [-0.39, 0.29) is 11.7 Å². The monoisotopic (exact) mass is 440 g/mol. The van der Waals surface area contributed by atoms with Gasteiger partial charge >= 0.3 is 0 Å². The number of aromatic nitrogens is 4. The molecule has 2 aromatic carbocycles. The third-order valence-electron chi connectivity index (χ3n) is 4.22. The van der Waals surface area contributed by atoms with Crippen LogP contribution in [0.1, 0.15) is 6.92 Å². The predicted molar refractivity (Wildman–Crippen MR) is 117 cm³/mol. The van der Waals surface area contributed by atoms with Crippen molar-refractivity contribution in [3.8, 4) is 22.6 Å². The number of nitrogens with two attached hydrogens (primary N) is 1. The molecule has 4 aromatic rings. The van der Waals surface area contributed by atoms with E-state index in [1.165, 1.54) is 39.9 Å². The van der Waals surface area contributed by atoms with Crippen molar-refractivity contribution in [3.05, 3.63) is 65.8 Å². The van der Waals surface area contributed by atoms with E-state index in [1.807, 2.05) is 35.7 Å². The fourth-order valence-electron chi connectivity index (χ4n) is 2.64. The molecule has 0 saturated carbocycles. The number of nitrogens with zero attached hydrogens (tertiary/aromatic N) is 4. The van der Waals surface area contributed by atoms with Crippen LogP contribution in [0.4, 0.5) is 9.52 Å². The van der Waals surface area contributed by atoms with Gasteiger partial charge in [-0.15, -0.1) is 21.5 Å². The summed E-state index contributed by atoms with van der Waals surface area (Å²) in [6.07, 6.45) is 0. The number of carbonyl (C=O) groups excluding carboxylic acids is 1. The average molecular weight is 441 g/mol. The zero-order chi connectivity index (χ0) is 21.1. The van der Waals surface area contributed by atoms with Crippen LogP contribution in [0.5, 0.6) is 0 Å². The molecule has 0 aliphatic rings. The molecule has 7 nitrogen and oxygen atoms in total. The highest BCUT2D eigenvalue weighted by atomic mass is 32.2. The van der Waals surface area contributed by atoms with Crippen LogP contribution in [0, 0.1) is 5.82 Å². The summed E-state index contributed by atoms with van der Waals surface area (Å²) in [5, 5.41) is 13.2. The molecule has 0 bridgehead atoms. The van der Waals surface area contributed by atoms with Crippen molar-refractivity contribution in [3.63, 3.8) is 0 Å². The van der Waals surface area contributed by atoms with Gasteiger partial charge in [-0.2, -0.15) is 0 Å². The predicted octanol–water partition coefficient (Wildman–Crippen LogP) is 4.04. The van der Waals surface area contributed by atoms with Crippen LogP contribution >= 0.6 is 23.1 Å². The number of nitrogen functional groups attached to an aromatic ring is 1. The fraction of sp³-hybridized carbons (Fsp3) is 0.100. The minimum absolute atomic E-state index is 0.222. The molecule has 2 heterocycles. The molecule has 0 aliphatic heterocycles. The van der Waals surface area contributed by atoms with Gasteiger partial charge in [0.1, 0.15) is 5.82 Å². The van der Waals surface area contributed by atoms with Gasteiger partial charge < -0.3 is 11.2 Å². The van der Waals surface area contributed by atoms with Gasteiger partial charge in [0, 0.05) is 16.5 Å². The molecule has 30 heavy (non-hydrogen) atoms. The van der Waals surface area contributed by atoms with E-state index >= 15 is 0 Å². The maximum absolute atomic E-state index is 13.1. The Morgan fingerprint density at radius 1 is 1.13 bits per heavy atom. The Labute approximate surface area is 180 Å². The lowest BCUT2D eigenvalue weighted by molar-refractivity contribution is -0.115. The van der Waals surface area contributed by atoms with Crippen LogP contribution < -0.4 is 11.2 Å². The molecule has 10 heteroatoms. The highest BCUT2D eigenvalue weighted by Gasteiger charge is 2.21. The van der Waals surface area contributed by atoms with Gasteiger partial charge in [0.25, 0.3) is 0 Å². The fourth-order valence-corrected chi connectivity index (χ4v) is 4.14. The quantitative estimate of drug-likeness (QED) is 0.347. The van der Waals surface area contributed by atoms with Crippen molar-refractivity contribution in [2.45, 2.75) is 17.3 Å². The lowest BCUT2D eigenvalue weighted by Crippen LogP contribution is -2.23. The van der Waals surface area contributed by atoms with Gasteiger partial charge in [-0.25, -0.2) is 14.1 Å². The highest BCUT2D eigenvalue weighted by Crippen LogP contribution is 2.28. The van der Waals surface area contributed by atoms with E-state index < -0.39 is 5.25 Å². The van der Waals surface area contributed by atoms with Crippen LogP contribution in [0.25, 0.3) is 22.6 Å². The molecule has 0 unspecified atom stereocenters. The van der Waals surface area contributed by atoms with Crippen LogP contribution in [-0.2, 0) is 4.79 Å². The van der Waals surface area contributed by atoms with E-state index in [0.29, 0.717) is 21.7 Å². The third-order valence-corrected chi connectivity index (χ3v) is 6.04. The van der Waals surface area contributed by atoms with Gasteiger partial charge in [0.05, 0.1) is 10.9 Å². The Hall–Kier alpha value is -3.24. The van der Waals surface area contributed by atoms with Gasteiger partial charge in [0.2, 0.25) is 11.1 Å². The third kappa shape index (κ3) is 4.34. The summed E-state index contributed by atoms with van der Waals surface area (Å²) in [6, 6.07) is 15.5.